The molecule has 2 aromatic rings. The van der Waals surface area contributed by atoms with E-state index < -0.39 is 5.91 Å². The fourth-order valence-corrected chi connectivity index (χ4v) is 2.91. The molecule has 0 radical (unpaired) electrons. The van der Waals surface area contributed by atoms with Crippen LogP contribution in [0.3, 0.4) is 0 Å². The molecule has 3 rings (SSSR count). The molecule has 1 aliphatic rings. The number of amides is 2. The Morgan fingerprint density at radius 3 is 2.70 bits per heavy atom. The highest BCUT2D eigenvalue weighted by molar-refractivity contribution is 7.13. The molecule has 1 saturated heterocycles. The second kappa shape index (κ2) is 6.47. The largest absolute Gasteiger partial charge is 0.360 e. The lowest BCUT2D eigenvalue weighted by Gasteiger charge is -2.31. The molecule has 23 heavy (non-hydrogen) atoms. The van der Waals surface area contributed by atoms with Gasteiger partial charge in [-0.2, -0.15) is 0 Å². The van der Waals surface area contributed by atoms with Crippen molar-refractivity contribution in [3.05, 3.63) is 28.6 Å². The molecule has 0 atom stereocenters. The van der Waals surface area contributed by atoms with Crippen molar-refractivity contribution in [2.24, 2.45) is 0 Å². The smallest absolute Gasteiger partial charge is 0.276 e. The van der Waals surface area contributed by atoms with Crippen molar-refractivity contribution in [1.82, 2.24) is 19.9 Å². The third kappa shape index (κ3) is 3.25. The Morgan fingerprint density at radius 2 is 2.04 bits per heavy atom. The molecule has 1 fully saturated rings. The molecule has 0 aliphatic carbocycles. The lowest BCUT2D eigenvalue weighted by atomic mass is 10.1. The van der Waals surface area contributed by atoms with E-state index in [1.807, 2.05) is 7.05 Å². The molecule has 0 unspecified atom stereocenters. The summed E-state index contributed by atoms with van der Waals surface area (Å²) in [6.07, 6.45) is 1.59. The molecule has 2 amide bonds. The van der Waals surface area contributed by atoms with Crippen LogP contribution in [0.1, 0.15) is 26.6 Å². The first-order chi connectivity index (χ1) is 11.1. The number of hydrogen-bond acceptors (Lipinski definition) is 7. The van der Waals surface area contributed by atoms with Crippen molar-refractivity contribution in [3.8, 4) is 0 Å². The lowest BCUT2D eigenvalue weighted by Crippen LogP contribution is -2.47. The highest BCUT2D eigenvalue weighted by atomic mass is 32.1. The molecular weight excluding hydrogens is 318 g/mol. The van der Waals surface area contributed by atoms with Crippen LogP contribution >= 0.6 is 11.3 Å². The molecule has 1 aliphatic heterocycles. The van der Waals surface area contributed by atoms with Crippen molar-refractivity contribution in [2.45, 2.75) is 6.92 Å². The van der Waals surface area contributed by atoms with E-state index in [0.717, 1.165) is 13.1 Å². The quantitative estimate of drug-likeness (QED) is 0.902. The average molecular weight is 335 g/mol. The molecule has 3 heterocycles. The third-order valence-electron chi connectivity index (χ3n) is 3.74. The van der Waals surface area contributed by atoms with E-state index in [4.69, 9.17) is 4.52 Å². The van der Waals surface area contributed by atoms with Crippen LogP contribution in [0.2, 0.25) is 0 Å². The van der Waals surface area contributed by atoms with Gasteiger partial charge in [0, 0.05) is 37.8 Å². The minimum atomic E-state index is -0.434. The summed E-state index contributed by atoms with van der Waals surface area (Å²) in [5, 5.41) is 8.69. The highest BCUT2D eigenvalue weighted by Crippen LogP contribution is 2.19. The number of likely N-dealkylation sites (N-methyl/N-ethyl adjacent to an activating group) is 1. The number of aryl methyl sites for hydroxylation is 1. The number of nitrogens with one attached hydrogen (secondary N) is 1. The van der Waals surface area contributed by atoms with E-state index >= 15 is 0 Å². The zero-order chi connectivity index (χ0) is 16.4. The van der Waals surface area contributed by atoms with Crippen LogP contribution < -0.4 is 5.32 Å². The van der Waals surface area contributed by atoms with Crippen molar-refractivity contribution in [3.63, 3.8) is 0 Å². The summed E-state index contributed by atoms with van der Waals surface area (Å²) in [6, 6.07) is 0. The molecule has 8 nitrogen and oxygen atoms in total. The van der Waals surface area contributed by atoms with Gasteiger partial charge in [0.05, 0.1) is 0 Å². The Balaban J connectivity index is 1.80. The number of thiazole rings is 1. The number of nitrogens with zero attached hydrogens (tertiary/aromatic N) is 4. The van der Waals surface area contributed by atoms with Crippen LogP contribution in [-0.2, 0) is 0 Å². The number of hydrogen-bond donors (Lipinski definition) is 1. The van der Waals surface area contributed by atoms with Crippen molar-refractivity contribution in [1.29, 1.82) is 0 Å². The van der Waals surface area contributed by atoms with E-state index in [1.54, 1.807) is 23.4 Å². The summed E-state index contributed by atoms with van der Waals surface area (Å²) in [7, 11) is 2.01. The monoisotopic (exact) mass is 335 g/mol. The van der Waals surface area contributed by atoms with Gasteiger partial charge in [0.25, 0.3) is 11.8 Å². The van der Waals surface area contributed by atoms with Crippen molar-refractivity contribution >= 4 is 28.3 Å². The van der Waals surface area contributed by atoms with Crippen LogP contribution in [0.5, 0.6) is 0 Å². The standard InChI is InChI=1S/C14H17N5O3S/c1-9-10(12(20)16-14-15-3-8-23-14)11(17-22-9)13(21)19-6-4-18(2)5-7-19/h3,8H,4-7H2,1-2H3,(H,15,16,20). The molecule has 0 aromatic carbocycles. The first kappa shape index (κ1) is 15.6. The number of piperazine rings is 1. The van der Waals surface area contributed by atoms with Gasteiger partial charge in [-0.1, -0.05) is 5.16 Å². The summed E-state index contributed by atoms with van der Waals surface area (Å²) in [6.45, 7) is 4.42. The van der Waals surface area contributed by atoms with Gasteiger partial charge in [0.1, 0.15) is 11.3 Å². The fraction of sp³-hybridized carbons (Fsp3) is 0.429. The summed E-state index contributed by atoms with van der Waals surface area (Å²) >= 11 is 1.30. The zero-order valence-corrected chi connectivity index (χ0v) is 13.7. The normalized spacial score (nSPS) is 15.7. The molecule has 2 aromatic heterocycles. The zero-order valence-electron chi connectivity index (χ0n) is 12.9. The van der Waals surface area contributed by atoms with E-state index in [-0.39, 0.29) is 17.2 Å². The minimum absolute atomic E-state index is 0.0566. The van der Waals surface area contributed by atoms with Crippen LogP contribution in [0.25, 0.3) is 0 Å². The molecule has 0 spiro atoms. The van der Waals surface area contributed by atoms with E-state index in [2.05, 4.69) is 20.4 Å². The van der Waals surface area contributed by atoms with Gasteiger partial charge >= 0.3 is 0 Å². The second-order valence-electron chi connectivity index (χ2n) is 5.35. The van der Waals surface area contributed by atoms with Gasteiger partial charge < -0.3 is 14.3 Å². The third-order valence-corrected chi connectivity index (χ3v) is 4.42. The maximum absolute atomic E-state index is 12.6. The Hall–Kier alpha value is -2.26. The van der Waals surface area contributed by atoms with Crippen LogP contribution in [0.4, 0.5) is 5.13 Å². The summed E-state index contributed by atoms with van der Waals surface area (Å²) in [5.41, 5.74) is 0.227. The molecular formula is C14H17N5O3S. The van der Waals surface area contributed by atoms with E-state index in [9.17, 15) is 9.59 Å². The average Bonchev–Trinajstić information content (AvgIpc) is 3.16. The number of rotatable bonds is 3. The molecule has 0 bridgehead atoms. The van der Waals surface area contributed by atoms with Gasteiger partial charge in [-0.05, 0) is 14.0 Å². The fourth-order valence-electron chi connectivity index (χ4n) is 2.39. The van der Waals surface area contributed by atoms with Gasteiger partial charge in [0.15, 0.2) is 10.8 Å². The van der Waals surface area contributed by atoms with Crippen molar-refractivity contribution < 1.29 is 14.1 Å². The Kier molecular flexibility index (Phi) is 4.39. The first-order valence-electron chi connectivity index (χ1n) is 7.21. The van der Waals surface area contributed by atoms with Gasteiger partial charge in [-0.15, -0.1) is 11.3 Å². The highest BCUT2D eigenvalue weighted by Gasteiger charge is 2.30. The predicted octanol–water partition coefficient (Wildman–Crippen LogP) is 1.08. The summed E-state index contributed by atoms with van der Waals surface area (Å²) < 4.78 is 5.08. The Bertz CT molecular complexity index is 704. The topological polar surface area (TPSA) is 91.6 Å². The lowest BCUT2D eigenvalue weighted by molar-refractivity contribution is 0.0651. The molecule has 122 valence electrons. The molecule has 1 N–H and O–H groups in total. The van der Waals surface area contributed by atoms with Crippen LogP contribution in [-0.4, -0.2) is 65.0 Å². The number of anilines is 1. The van der Waals surface area contributed by atoms with Crippen LogP contribution in [0, 0.1) is 6.92 Å². The maximum atomic E-state index is 12.6. The van der Waals surface area contributed by atoms with Gasteiger partial charge in [0.2, 0.25) is 0 Å². The predicted molar refractivity (Wildman–Crippen MR) is 84.7 cm³/mol. The van der Waals surface area contributed by atoms with Gasteiger partial charge in [-0.3, -0.25) is 14.9 Å². The van der Waals surface area contributed by atoms with Crippen molar-refractivity contribution in [2.75, 3.05) is 38.5 Å². The van der Waals surface area contributed by atoms with Crippen LogP contribution in [0.15, 0.2) is 16.1 Å². The summed E-state index contributed by atoms with van der Waals surface area (Å²) in [4.78, 5) is 32.9. The number of aromatic nitrogens is 2. The number of carbonyl (C=O) groups is 2. The first-order valence-corrected chi connectivity index (χ1v) is 8.09. The number of carbonyl (C=O) groups excluding carboxylic acids is 2. The molecule has 9 heteroatoms. The minimum Gasteiger partial charge on any atom is -0.360 e. The van der Waals surface area contributed by atoms with E-state index in [0.29, 0.717) is 24.0 Å². The summed E-state index contributed by atoms with van der Waals surface area (Å²) in [5.74, 6) is -0.396. The van der Waals surface area contributed by atoms with Gasteiger partial charge in [-0.25, -0.2) is 4.98 Å². The Labute approximate surface area is 137 Å². The van der Waals surface area contributed by atoms with E-state index in [1.165, 1.54) is 11.3 Å². The maximum Gasteiger partial charge on any atom is 0.276 e. The molecule has 0 saturated carbocycles. The SMILES string of the molecule is Cc1onc(C(=O)N2CCN(C)CC2)c1C(=O)Nc1nccs1. The Morgan fingerprint density at radius 1 is 1.30 bits per heavy atom. The second-order valence-corrected chi connectivity index (χ2v) is 6.24.